The van der Waals surface area contributed by atoms with Gasteiger partial charge in [0.05, 0.1) is 4.88 Å². The molecule has 0 bridgehead atoms. The molecule has 1 amide bonds. The summed E-state index contributed by atoms with van der Waals surface area (Å²) in [5, 5.41) is 3.50. The average molecular weight is 297 g/mol. The molecule has 0 unspecified atom stereocenters. The molecule has 1 aromatic rings. The first-order valence-electron chi connectivity index (χ1n) is 6.35. The van der Waals surface area contributed by atoms with E-state index in [0.717, 1.165) is 17.7 Å². The summed E-state index contributed by atoms with van der Waals surface area (Å²) in [6, 6.07) is 1.99. The lowest BCUT2D eigenvalue weighted by Crippen LogP contribution is -2.52. The molecule has 0 aromatic carbocycles. The third-order valence-corrected chi connectivity index (χ3v) is 4.19. The molecule has 1 aliphatic rings. The number of rotatable bonds is 1. The van der Waals surface area contributed by atoms with E-state index >= 15 is 0 Å². The molecule has 0 saturated carbocycles. The summed E-state index contributed by atoms with van der Waals surface area (Å²) in [4.78, 5) is 14.1. The zero-order chi connectivity index (χ0) is 14.0. The van der Waals surface area contributed by atoms with Gasteiger partial charge >= 0.3 is 0 Å². The van der Waals surface area contributed by atoms with Crippen LogP contribution in [0.1, 0.15) is 47.3 Å². The molecule has 4 nitrogen and oxygen atoms in total. The molecule has 19 heavy (non-hydrogen) atoms. The Labute approximate surface area is 122 Å². The van der Waals surface area contributed by atoms with Crippen molar-refractivity contribution < 1.29 is 4.79 Å². The van der Waals surface area contributed by atoms with E-state index < -0.39 is 0 Å². The number of hydrogen-bond acceptors (Lipinski definition) is 3. The predicted octanol–water partition coefficient (Wildman–Crippen LogP) is 2.14. The number of carbonyl (C=O) groups is 1. The molecule has 1 aliphatic carbocycles. The standard InChI is InChI=1S/C13H19N3OS2/c1-13(2,3)14-12(18)16-15-11(17)10-7-8-5-4-6-9(8)19-10/h7H,4-6H2,1-3H3,(H,15,17)(H2,14,16,18). The van der Waals surface area contributed by atoms with Crippen LogP contribution >= 0.6 is 23.6 Å². The van der Waals surface area contributed by atoms with Gasteiger partial charge in [-0.1, -0.05) is 0 Å². The smallest absolute Gasteiger partial charge is 0.279 e. The summed E-state index contributed by atoms with van der Waals surface area (Å²) in [6.45, 7) is 6.02. The van der Waals surface area contributed by atoms with Crippen LogP contribution in [0.5, 0.6) is 0 Å². The number of hydrazine groups is 1. The zero-order valence-electron chi connectivity index (χ0n) is 11.4. The Morgan fingerprint density at radius 1 is 1.32 bits per heavy atom. The molecule has 0 fully saturated rings. The van der Waals surface area contributed by atoms with Crippen molar-refractivity contribution in [3.05, 3.63) is 21.4 Å². The second-order valence-corrected chi connectivity index (χ2v) is 7.24. The van der Waals surface area contributed by atoms with E-state index in [0.29, 0.717) is 5.11 Å². The van der Waals surface area contributed by atoms with Gasteiger partial charge in [0.1, 0.15) is 0 Å². The SMILES string of the molecule is CC(C)(C)NC(=S)NNC(=O)c1cc2c(s1)CCC2. The molecule has 0 saturated heterocycles. The van der Waals surface area contributed by atoms with Crippen molar-refractivity contribution in [1.29, 1.82) is 0 Å². The average Bonchev–Trinajstić information content (AvgIpc) is 2.83. The number of fused-ring (bicyclic) bond motifs is 1. The minimum Gasteiger partial charge on any atom is -0.357 e. The van der Waals surface area contributed by atoms with Gasteiger partial charge < -0.3 is 5.32 Å². The highest BCUT2D eigenvalue weighted by molar-refractivity contribution is 7.80. The Morgan fingerprint density at radius 3 is 2.68 bits per heavy atom. The lowest BCUT2D eigenvalue weighted by molar-refractivity contribution is 0.0947. The van der Waals surface area contributed by atoms with Crippen LogP contribution in [-0.4, -0.2) is 16.6 Å². The summed E-state index contributed by atoms with van der Waals surface area (Å²) in [7, 11) is 0. The Hall–Kier alpha value is -1.14. The number of nitrogens with one attached hydrogen (secondary N) is 3. The minimum atomic E-state index is -0.127. The van der Waals surface area contributed by atoms with Gasteiger partial charge in [-0.05, 0) is 63.9 Å². The molecule has 0 aliphatic heterocycles. The van der Waals surface area contributed by atoms with Crippen molar-refractivity contribution in [3.63, 3.8) is 0 Å². The van der Waals surface area contributed by atoms with Crippen LogP contribution in [0.3, 0.4) is 0 Å². The van der Waals surface area contributed by atoms with Crippen molar-refractivity contribution >= 4 is 34.6 Å². The van der Waals surface area contributed by atoms with Crippen molar-refractivity contribution in [2.45, 2.75) is 45.6 Å². The fourth-order valence-corrected chi connectivity index (χ4v) is 3.49. The van der Waals surface area contributed by atoms with Gasteiger partial charge in [0.25, 0.3) is 5.91 Å². The quantitative estimate of drug-likeness (QED) is 0.549. The predicted molar refractivity (Wildman–Crippen MR) is 82.4 cm³/mol. The third kappa shape index (κ3) is 3.91. The summed E-state index contributed by atoms with van der Waals surface area (Å²) >= 11 is 6.68. The van der Waals surface area contributed by atoms with Gasteiger partial charge in [-0.3, -0.25) is 15.6 Å². The Kier molecular flexibility index (Phi) is 4.10. The number of thiophene rings is 1. The van der Waals surface area contributed by atoms with E-state index in [1.54, 1.807) is 11.3 Å². The van der Waals surface area contributed by atoms with Gasteiger partial charge in [0, 0.05) is 10.4 Å². The molecule has 3 N–H and O–H groups in total. The molecular weight excluding hydrogens is 278 g/mol. The highest BCUT2D eigenvalue weighted by Gasteiger charge is 2.18. The first-order valence-corrected chi connectivity index (χ1v) is 7.58. The maximum Gasteiger partial charge on any atom is 0.279 e. The third-order valence-electron chi connectivity index (χ3n) is 2.75. The second kappa shape index (κ2) is 5.46. The number of hydrogen-bond donors (Lipinski definition) is 3. The molecule has 6 heteroatoms. The normalized spacial score (nSPS) is 13.8. The van der Waals surface area contributed by atoms with Crippen LogP contribution in [0, 0.1) is 0 Å². The van der Waals surface area contributed by atoms with Crippen LogP contribution in [0.15, 0.2) is 6.07 Å². The molecular formula is C13H19N3OS2. The van der Waals surface area contributed by atoms with E-state index in [1.807, 2.05) is 26.8 Å². The van der Waals surface area contributed by atoms with Crippen molar-refractivity contribution in [2.24, 2.45) is 0 Å². The van der Waals surface area contributed by atoms with Gasteiger partial charge in [-0.2, -0.15) is 0 Å². The van der Waals surface area contributed by atoms with Crippen LogP contribution in [0.2, 0.25) is 0 Å². The number of aryl methyl sites for hydroxylation is 2. The zero-order valence-corrected chi connectivity index (χ0v) is 13.1. The lowest BCUT2D eigenvalue weighted by atomic mass is 10.1. The summed E-state index contributed by atoms with van der Waals surface area (Å²) < 4.78 is 0. The molecule has 104 valence electrons. The topological polar surface area (TPSA) is 53.2 Å². The van der Waals surface area contributed by atoms with Crippen molar-refractivity contribution in [3.8, 4) is 0 Å². The minimum absolute atomic E-state index is 0.126. The Bertz CT molecular complexity index is 481. The van der Waals surface area contributed by atoms with Crippen LogP contribution in [0.25, 0.3) is 0 Å². The van der Waals surface area contributed by atoms with Gasteiger partial charge in [-0.15, -0.1) is 11.3 Å². The van der Waals surface area contributed by atoms with E-state index in [-0.39, 0.29) is 11.4 Å². The van der Waals surface area contributed by atoms with Crippen molar-refractivity contribution in [2.75, 3.05) is 0 Å². The van der Waals surface area contributed by atoms with Crippen LogP contribution in [-0.2, 0) is 12.8 Å². The fourth-order valence-electron chi connectivity index (χ4n) is 1.99. The maximum absolute atomic E-state index is 12.0. The first-order chi connectivity index (χ1) is 8.85. The van der Waals surface area contributed by atoms with E-state index in [2.05, 4.69) is 16.2 Å². The molecule has 1 aromatic heterocycles. The first kappa shape index (κ1) is 14.3. The van der Waals surface area contributed by atoms with Gasteiger partial charge in [0.15, 0.2) is 5.11 Å². The summed E-state index contributed by atoms with van der Waals surface area (Å²) in [5.41, 5.74) is 6.56. The van der Waals surface area contributed by atoms with Crippen molar-refractivity contribution in [1.82, 2.24) is 16.2 Å². The molecule has 0 radical (unpaired) electrons. The van der Waals surface area contributed by atoms with Gasteiger partial charge in [-0.25, -0.2) is 0 Å². The Balaban J connectivity index is 1.86. The summed E-state index contributed by atoms with van der Waals surface area (Å²) in [5.74, 6) is -0.127. The summed E-state index contributed by atoms with van der Waals surface area (Å²) in [6.07, 6.45) is 3.40. The maximum atomic E-state index is 12.0. The van der Waals surface area contributed by atoms with Crippen LogP contribution in [0.4, 0.5) is 0 Å². The molecule has 0 spiro atoms. The van der Waals surface area contributed by atoms with E-state index in [1.165, 1.54) is 16.9 Å². The molecule has 0 atom stereocenters. The number of thiocarbonyl (C=S) groups is 1. The highest BCUT2D eigenvalue weighted by atomic mass is 32.1. The largest absolute Gasteiger partial charge is 0.357 e. The monoisotopic (exact) mass is 297 g/mol. The van der Waals surface area contributed by atoms with E-state index in [4.69, 9.17) is 12.2 Å². The second-order valence-electron chi connectivity index (χ2n) is 5.70. The van der Waals surface area contributed by atoms with Gasteiger partial charge in [0.2, 0.25) is 0 Å². The molecule has 1 heterocycles. The number of amides is 1. The molecule has 2 rings (SSSR count). The van der Waals surface area contributed by atoms with E-state index in [9.17, 15) is 4.79 Å². The fraction of sp³-hybridized carbons (Fsp3) is 0.538. The Morgan fingerprint density at radius 2 is 2.05 bits per heavy atom. The highest BCUT2D eigenvalue weighted by Crippen LogP contribution is 2.30. The lowest BCUT2D eigenvalue weighted by Gasteiger charge is -2.22. The van der Waals surface area contributed by atoms with Crippen LogP contribution < -0.4 is 16.2 Å². The number of carbonyl (C=O) groups excluding carboxylic acids is 1.